The lowest BCUT2D eigenvalue weighted by Gasteiger charge is -2.22. The van der Waals surface area contributed by atoms with E-state index in [1.54, 1.807) is 24.5 Å². The van der Waals surface area contributed by atoms with Crippen molar-refractivity contribution in [2.24, 2.45) is 0 Å². The number of methoxy groups -OCH3 is 1. The zero-order chi connectivity index (χ0) is 14.6. The molecular weight excluding hydrogens is 280 g/mol. The first-order chi connectivity index (χ1) is 9.54. The number of rotatable bonds is 5. The zero-order valence-electron chi connectivity index (χ0n) is 11.4. The predicted octanol–water partition coefficient (Wildman–Crippen LogP) is 0.591. The van der Waals surface area contributed by atoms with Crippen LogP contribution in [0, 0.1) is 0 Å². The number of hydrogen-bond donors (Lipinski definition) is 0. The highest BCUT2D eigenvalue weighted by Crippen LogP contribution is 2.22. The van der Waals surface area contributed by atoms with E-state index in [0.29, 0.717) is 25.8 Å². The van der Waals surface area contributed by atoms with Gasteiger partial charge in [0.2, 0.25) is 10.0 Å². The van der Waals surface area contributed by atoms with Crippen molar-refractivity contribution in [3.05, 3.63) is 30.1 Å². The van der Waals surface area contributed by atoms with Crippen LogP contribution in [0.3, 0.4) is 0 Å². The van der Waals surface area contributed by atoms with Gasteiger partial charge < -0.3 is 4.74 Å². The van der Waals surface area contributed by atoms with Gasteiger partial charge in [-0.15, -0.1) is 0 Å². The van der Waals surface area contributed by atoms with Crippen molar-refractivity contribution in [2.75, 3.05) is 19.4 Å². The van der Waals surface area contributed by atoms with Crippen LogP contribution in [-0.4, -0.2) is 49.1 Å². The van der Waals surface area contributed by atoms with Crippen molar-refractivity contribution in [2.45, 2.75) is 25.3 Å². The lowest BCUT2D eigenvalue weighted by Crippen LogP contribution is -2.42. The van der Waals surface area contributed by atoms with Crippen LogP contribution in [0.15, 0.2) is 24.5 Å². The summed E-state index contributed by atoms with van der Waals surface area (Å²) in [4.78, 5) is 15.5. The maximum absolute atomic E-state index is 12.3. The van der Waals surface area contributed by atoms with Gasteiger partial charge in [-0.25, -0.2) is 8.42 Å². The normalized spacial score (nSPS) is 19.9. The summed E-state index contributed by atoms with van der Waals surface area (Å²) >= 11 is 0. The Kier molecular flexibility index (Phi) is 4.72. The molecule has 0 aromatic carbocycles. The van der Waals surface area contributed by atoms with E-state index in [1.165, 1.54) is 11.4 Å². The summed E-state index contributed by atoms with van der Waals surface area (Å²) in [5.41, 5.74) is 0.914. The first kappa shape index (κ1) is 14.9. The van der Waals surface area contributed by atoms with E-state index in [-0.39, 0.29) is 5.75 Å². The molecule has 1 saturated heterocycles. The fourth-order valence-corrected chi connectivity index (χ4v) is 4.07. The third-order valence-electron chi connectivity index (χ3n) is 3.43. The molecule has 0 aliphatic carbocycles. The molecule has 0 spiro atoms. The molecule has 20 heavy (non-hydrogen) atoms. The summed E-state index contributed by atoms with van der Waals surface area (Å²) < 4.78 is 30.6. The topological polar surface area (TPSA) is 76.6 Å². The monoisotopic (exact) mass is 298 g/mol. The van der Waals surface area contributed by atoms with E-state index >= 15 is 0 Å². The van der Waals surface area contributed by atoms with Gasteiger partial charge in [-0.3, -0.25) is 9.78 Å². The number of nitrogens with zero attached hydrogens (tertiary/aromatic N) is 2. The van der Waals surface area contributed by atoms with Gasteiger partial charge in [-0.05, 0) is 37.0 Å². The van der Waals surface area contributed by atoms with E-state index < -0.39 is 22.0 Å². The smallest absolute Gasteiger partial charge is 0.324 e. The van der Waals surface area contributed by atoms with Crippen LogP contribution < -0.4 is 0 Å². The summed E-state index contributed by atoms with van der Waals surface area (Å²) in [5.74, 6) is -0.486. The van der Waals surface area contributed by atoms with Crippen molar-refractivity contribution < 1.29 is 17.9 Å². The number of aromatic nitrogens is 1. The van der Waals surface area contributed by atoms with Gasteiger partial charge in [0.1, 0.15) is 6.04 Å². The number of sulfonamides is 1. The molecule has 2 rings (SSSR count). The molecule has 0 amide bonds. The second kappa shape index (κ2) is 6.32. The second-order valence-electron chi connectivity index (χ2n) is 4.71. The molecule has 6 nitrogen and oxygen atoms in total. The molecule has 1 aliphatic heterocycles. The molecule has 0 bridgehead atoms. The van der Waals surface area contributed by atoms with Gasteiger partial charge >= 0.3 is 5.97 Å². The van der Waals surface area contributed by atoms with Crippen LogP contribution in [0.2, 0.25) is 0 Å². The first-order valence-corrected chi connectivity index (χ1v) is 8.12. The van der Waals surface area contributed by atoms with Gasteiger partial charge in [-0.2, -0.15) is 4.31 Å². The molecular formula is C13H18N2O4S. The highest BCUT2D eigenvalue weighted by molar-refractivity contribution is 7.89. The SMILES string of the molecule is COC(=O)C1CCCN1S(=O)(=O)CCc1ccncc1. The molecule has 0 saturated carbocycles. The standard InChI is InChI=1S/C13H18N2O4S/c1-19-13(16)12-3-2-9-15(12)20(17,18)10-6-11-4-7-14-8-5-11/h4-5,7-8,12H,2-3,6,9-10H2,1H3. The average molecular weight is 298 g/mol. The third-order valence-corrected chi connectivity index (χ3v) is 5.30. The summed E-state index contributed by atoms with van der Waals surface area (Å²) in [6, 6.07) is 2.91. The Bertz CT molecular complexity index is 559. The lowest BCUT2D eigenvalue weighted by atomic mass is 10.2. The van der Waals surface area contributed by atoms with Gasteiger partial charge in [0.05, 0.1) is 12.9 Å². The molecule has 0 N–H and O–H groups in total. The summed E-state index contributed by atoms with van der Waals surface area (Å²) in [7, 11) is -2.17. The lowest BCUT2D eigenvalue weighted by molar-refractivity contribution is -0.144. The number of hydrogen-bond acceptors (Lipinski definition) is 5. The molecule has 1 aromatic rings. The van der Waals surface area contributed by atoms with Crippen LogP contribution in [-0.2, 0) is 26.0 Å². The highest BCUT2D eigenvalue weighted by Gasteiger charge is 2.38. The summed E-state index contributed by atoms with van der Waals surface area (Å²) in [6.45, 7) is 0.387. The minimum absolute atomic E-state index is 0.00942. The summed E-state index contributed by atoms with van der Waals surface area (Å²) in [6.07, 6.45) is 4.90. The van der Waals surface area contributed by atoms with Crippen molar-refractivity contribution in [3.63, 3.8) is 0 Å². The molecule has 1 aliphatic rings. The number of esters is 1. The van der Waals surface area contributed by atoms with Gasteiger partial charge in [0, 0.05) is 18.9 Å². The molecule has 7 heteroatoms. The molecule has 1 unspecified atom stereocenters. The number of pyridine rings is 1. The van der Waals surface area contributed by atoms with E-state index in [1.807, 2.05) is 0 Å². The van der Waals surface area contributed by atoms with Crippen molar-refractivity contribution in [1.82, 2.24) is 9.29 Å². The van der Waals surface area contributed by atoms with E-state index in [0.717, 1.165) is 5.56 Å². The van der Waals surface area contributed by atoms with Crippen molar-refractivity contribution in [1.29, 1.82) is 0 Å². The van der Waals surface area contributed by atoms with Crippen LogP contribution in [0.4, 0.5) is 0 Å². The zero-order valence-corrected chi connectivity index (χ0v) is 12.2. The Morgan fingerprint density at radius 2 is 2.15 bits per heavy atom. The van der Waals surface area contributed by atoms with Crippen LogP contribution >= 0.6 is 0 Å². The minimum atomic E-state index is -3.45. The quantitative estimate of drug-likeness (QED) is 0.744. The first-order valence-electron chi connectivity index (χ1n) is 6.51. The largest absolute Gasteiger partial charge is 0.468 e. The van der Waals surface area contributed by atoms with E-state index in [4.69, 9.17) is 0 Å². The highest BCUT2D eigenvalue weighted by atomic mass is 32.2. The fourth-order valence-electron chi connectivity index (χ4n) is 2.36. The number of ether oxygens (including phenoxy) is 1. The van der Waals surface area contributed by atoms with E-state index in [2.05, 4.69) is 9.72 Å². The molecule has 0 radical (unpaired) electrons. The van der Waals surface area contributed by atoms with Crippen molar-refractivity contribution in [3.8, 4) is 0 Å². The Balaban J connectivity index is 2.04. The maximum atomic E-state index is 12.3. The van der Waals surface area contributed by atoms with Crippen LogP contribution in [0.5, 0.6) is 0 Å². The van der Waals surface area contributed by atoms with Gasteiger partial charge in [0.25, 0.3) is 0 Å². The Morgan fingerprint density at radius 3 is 2.80 bits per heavy atom. The number of aryl methyl sites for hydroxylation is 1. The van der Waals surface area contributed by atoms with Crippen molar-refractivity contribution >= 4 is 16.0 Å². The predicted molar refractivity (Wildman–Crippen MR) is 73.5 cm³/mol. The Morgan fingerprint density at radius 1 is 1.45 bits per heavy atom. The molecule has 1 atom stereocenters. The van der Waals surface area contributed by atoms with E-state index in [9.17, 15) is 13.2 Å². The van der Waals surface area contributed by atoms with Gasteiger partial charge in [0.15, 0.2) is 0 Å². The summed E-state index contributed by atoms with van der Waals surface area (Å²) in [5, 5.41) is 0. The fraction of sp³-hybridized carbons (Fsp3) is 0.538. The number of carbonyl (C=O) groups excluding carboxylic acids is 1. The minimum Gasteiger partial charge on any atom is -0.468 e. The molecule has 1 aromatic heterocycles. The second-order valence-corrected chi connectivity index (χ2v) is 6.75. The maximum Gasteiger partial charge on any atom is 0.324 e. The van der Waals surface area contributed by atoms with Crippen LogP contribution in [0.25, 0.3) is 0 Å². The molecule has 1 fully saturated rings. The molecule has 110 valence electrons. The Hall–Kier alpha value is -1.47. The Labute approximate surface area is 118 Å². The third kappa shape index (κ3) is 3.34. The van der Waals surface area contributed by atoms with Crippen LogP contribution in [0.1, 0.15) is 18.4 Å². The number of carbonyl (C=O) groups is 1. The van der Waals surface area contributed by atoms with Gasteiger partial charge in [-0.1, -0.05) is 0 Å². The molecule has 2 heterocycles. The average Bonchev–Trinajstić information content (AvgIpc) is 2.96.